The molecule has 100 valence electrons. The van der Waals surface area contributed by atoms with Crippen molar-refractivity contribution < 1.29 is 14.5 Å². The highest BCUT2D eigenvalue weighted by Crippen LogP contribution is 2.21. The zero-order valence-corrected chi connectivity index (χ0v) is 10.2. The van der Waals surface area contributed by atoms with E-state index >= 15 is 0 Å². The second-order valence-electron chi connectivity index (χ2n) is 4.26. The van der Waals surface area contributed by atoms with Crippen molar-refractivity contribution in [2.75, 3.05) is 5.32 Å². The minimum absolute atomic E-state index is 0.0650. The molecule has 8 heteroatoms. The van der Waals surface area contributed by atoms with Crippen LogP contribution in [0.2, 0.25) is 0 Å². The molecule has 1 saturated heterocycles. The van der Waals surface area contributed by atoms with Crippen molar-refractivity contribution in [3.63, 3.8) is 0 Å². The van der Waals surface area contributed by atoms with Crippen LogP contribution in [0.15, 0.2) is 12.3 Å². The summed E-state index contributed by atoms with van der Waals surface area (Å²) in [6.45, 7) is 1.58. The average Bonchev–Trinajstić information content (AvgIpc) is 2.34. The Morgan fingerprint density at radius 2 is 2.26 bits per heavy atom. The molecule has 1 fully saturated rings. The van der Waals surface area contributed by atoms with Gasteiger partial charge >= 0.3 is 0 Å². The van der Waals surface area contributed by atoms with E-state index in [9.17, 15) is 19.7 Å². The molecule has 0 bridgehead atoms. The summed E-state index contributed by atoms with van der Waals surface area (Å²) in [7, 11) is 0. The first-order valence-corrected chi connectivity index (χ1v) is 5.68. The highest BCUT2D eigenvalue weighted by Gasteiger charge is 2.27. The summed E-state index contributed by atoms with van der Waals surface area (Å²) in [4.78, 5) is 36.8. The third-order valence-electron chi connectivity index (χ3n) is 2.83. The lowest BCUT2D eigenvalue weighted by molar-refractivity contribution is -0.385. The Bertz CT molecular complexity index is 558. The molecular formula is C11H12N4O4. The molecule has 1 unspecified atom stereocenters. The number of aromatic nitrogens is 1. The number of piperidine rings is 1. The number of hydrogen-bond acceptors (Lipinski definition) is 6. The van der Waals surface area contributed by atoms with E-state index in [1.54, 1.807) is 6.92 Å². The SMILES string of the molecule is Cc1cnc(NC2CCC(=O)NC2=O)cc1[N+](=O)[O-]. The van der Waals surface area contributed by atoms with E-state index in [2.05, 4.69) is 15.6 Å². The van der Waals surface area contributed by atoms with Gasteiger partial charge < -0.3 is 5.32 Å². The van der Waals surface area contributed by atoms with Gasteiger partial charge in [-0.15, -0.1) is 0 Å². The maximum atomic E-state index is 11.5. The first kappa shape index (κ1) is 12.9. The Morgan fingerprint density at radius 3 is 2.89 bits per heavy atom. The molecule has 2 N–H and O–H groups in total. The van der Waals surface area contributed by atoms with Crippen molar-refractivity contribution in [3.05, 3.63) is 27.9 Å². The van der Waals surface area contributed by atoms with Gasteiger partial charge in [0.25, 0.3) is 5.69 Å². The van der Waals surface area contributed by atoms with Gasteiger partial charge in [0.05, 0.1) is 11.0 Å². The van der Waals surface area contributed by atoms with Crippen molar-refractivity contribution in [1.82, 2.24) is 10.3 Å². The highest BCUT2D eigenvalue weighted by molar-refractivity contribution is 6.01. The van der Waals surface area contributed by atoms with Crippen LogP contribution in [0.25, 0.3) is 0 Å². The predicted octanol–water partition coefficient (Wildman–Crippen LogP) is 0.515. The number of nitrogens with one attached hydrogen (secondary N) is 2. The number of anilines is 1. The molecule has 2 amide bonds. The summed E-state index contributed by atoms with van der Waals surface area (Å²) in [5.41, 5.74) is 0.378. The second-order valence-corrected chi connectivity index (χ2v) is 4.26. The molecule has 0 spiro atoms. The van der Waals surface area contributed by atoms with Gasteiger partial charge in [0.1, 0.15) is 11.9 Å². The molecule has 1 atom stereocenters. The van der Waals surface area contributed by atoms with Crippen molar-refractivity contribution >= 4 is 23.3 Å². The smallest absolute Gasteiger partial charge is 0.277 e. The molecule has 1 aromatic rings. The van der Waals surface area contributed by atoms with E-state index in [4.69, 9.17) is 0 Å². The summed E-state index contributed by atoms with van der Waals surface area (Å²) < 4.78 is 0. The maximum Gasteiger partial charge on any atom is 0.277 e. The number of rotatable bonds is 3. The quantitative estimate of drug-likeness (QED) is 0.467. The Labute approximate surface area is 108 Å². The van der Waals surface area contributed by atoms with Gasteiger partial charge in [-0.25, -0.2) is 4.98 Å². The van der Waals surface area contributed by atoms with Gasteiger partial charge in [0.2, 0.25) is 11.8 Å². The molecule has 8 nitrogen and oxygen atoms in total. The monoisotopic (exact) mass is 264 g/mol. The number of nitro groups is 1. The van der Waals surface area contributed by atoms with E-state index in [-0.39, 0.29) is 23.8 Å². The van der Waals surface area contributed by atoms with Crippen LogP contribution in [-0.4, -0.2) is 27.8 Å². The number of pyridine rings is 1. The number of nitrogens with zero attached hydrogens (tertiary/aromatic N) is 2. The minimum Gasteiger partial charge on any atom is -0.358 e. The average molecular weight is 264 g/mol. The number of amides is 2. The van der Waals surface area contributed by atoms with Crippen LogP contribution in [0.3, 0.4) is 0 Å². The van der Waals surface area contributed by atoms with Crippen LogP contribution >= 0.6 is 0 Å². The Balaban J connectivity index is 2.15. The highest BCUT2D eigenvalue weighted by atomic mass is 16.6. The van der Waals surface area contributed by atoms with Gasteiger partial charge in [-0.1, -0.05) is 0 Å². The molecule has 0 aliphatic carbocycles. The fourth-order valence-electron chi connectivity index (χ4n) is 1.80. The zero-order valence-electron chi connectivity index (χ0n) is 10.2. The van der Waals surface area contributed by atoms with Crippen molar-refractivity contribution in [3.8, 4) is 0 Å². The maximum absolute atomic E-state index is 11.5. The molecule has 0 saturated carbocycles. The fourth-order valence-corrected chi connectivity index (χ4v) is 1.80. The van der Waals surface area contributed by atoms with Crippen molar-refractivity contribution in [2.45, 2.75) is 25.8 Å². The van der Waals surface area contributed by atoms with Crippen LogP contribution in [0.5, 0.6) is 0 Å². The first-order chi connectivity index (χ1) is 8.97. The van der Waals surface area contributed by atoms with Gasteiger partial charge in [-0.3, -0.25) is 25.0 Å². The van der Waals surface area contributed by atoms with Crippen LogP contribution in [0.1, 0.15) is 18.4 Å². The summed E-state index contributed by atoms with van der Waals surface area (Å²) in [5, 5.41) is 15.8. The second kappa shape index (κ2) is 5.01. The number of hydrogen-bond donors (Lipinski definition) is 2. The largest absolute Gasteiger partial charge is 0.358 e. The molecule has 0 radical (unpaired) electrons. The third-order valence-corrected chi connectivity index (χ3v) is 2.83. The predicted molar refractivity (Wildman–Crippen MR) is 65.4 cm³/mol. The molecule has 2 heterocycles. The van der Waals surface area contributed by atoms with Crippen molar-refractivity contribution in [1.29, 1.82) is 0 Å². The first-order valence-electron chi connectivity index (χ1n) is 5.68. The van der Waals surface area contributed by atoms with E-state index < -0.39 is 16.9 Å². The minimum atomic E-state index is -0.604. The molecule has 0 aromatic carbocycles. The lowest BCUT2D eigenvalue weighted by Crippen LogP contribution is -2.47. The van der Waals surface area contributed by atoms with E-state index in [1.165, 1.54) is 12.3 Å². The lowest BCUT2D eigenvalue weighted by Gasteiger charge is -2.22. The zero-order chi connectivity index (χ0) is 14.0. The van der Waals surface area contributed by atoms with Gasteiger partial charge in [0.15, 0.2) is 0 Å². The Kier molecular flexibility index (Phi) is 3.41. The lowest BCUT2D eigenvalue weighted by atomic mass is 10.1. The van der Waals surface area contributed by atoms with Crippen LogP contribution in [0.4, 0.5) is 11.5 Å². The molecule has 2 rings (SSSR count). The van der Waals surface area contributed by atoms with E-state index in [0.29, 0.717) is 12.0 Å². The van der Waals surface area contributed by atoms with Crippen LogP contribution < -0.4 is 10.6 Å². The fraction of sp³-hybridized carbons (Fsp3) is 0.364. The topological polar surface area (TPSA) is 114 Å². The standard InChI is InChI=1S/C11H12N4O4/c1-6-5-12-9(4-8(6)15(18)19)13-7-2-3-10(16)14-11(7)17/h4-5,7H,2-3H2,1H3,(H,12,13)(H,14,16,17). The number of aryl methyl sites for hydroxylation is 1. The van der Waals surface area contributed by atoms with Gasteiger partial charge in [-0.2, -0.15) is 0 Å². The summed E-state index contributed by atoms with van der Waals surface area (Å²) >= 11 is 0. The van der Waals surface area contributed by atoms with Crippen molar-refractivity contribution in [2.24, 2.45) is 0 Å². The number of imide groups is 1. The molecule has 1 aromatic heterocycles. The normalized spacial score (nSPS) is 18.9. The number of carbonyl (C=O) groups is 2. The Hall–Kier alpha value is -2.51. The summed E-state index contributed by atoms with van der Waals surface area (Å²) in [6, 6.07) is 0.673. The molecular weight excluding hydrogens is 252 g/mol. The van der Waals surface area contributed by atoms with E-state index in [1.807, 2.05) is 0 Å². The third kappa shape index (κ3) is 2.84. The van der Waals surface area contributed by atoms with Gasteiger partial charge in [0, 0.05) is 18.2 Å². The van der Waals surface area contributed by atoms with Gasteiger partial charge in [-0.05, 0) is 13.3 Å². The summed E-state index contributed by atoms with van der Waals surface area (Å²) in [5.74, 6) is -0.515. The Morgan fingerprint density at radius 1 is 1.53 bits per heavy atom. The molecule has 1 aliphatic heterocycles. The van der Waals surface area contributed by atoms with Crippen LogP contribution in [-0.2, 0) is 9.59 Å². The molecule has 19 heavy (non-hydrogen) atoms. The number of carbonyl (C=O) groups excluding carboxylic acids is 2. The van der Waals surface area contributed by atoms with E-state index in [0.717, 1.165) is 0 Å². The molecule has 1 aliphatic rings. The summed E-state index contributed by atoms with van der Waals surface area (Å²) in [6.07, 6.45) is 1.94. The van der Waals surface area contributed by atoms with Crippen LogP contribution in [0, 0.1) is 17.0 Å².